The van der Waals surface area contributed by atoms with Crippen molar-refractivity contribution < 1.29 is 19.4 Å². The van der Waals surface area contributed by atoms with E-state index in [1.165, 1.54) is 0 Å². The molecule has 2 unspecified atom stereocenters. The first-order valence-electron chi connectivity index (χ1n) is 10.1. The van der Waals surface area contributed by atoms with E-state index in [1.54, 1.807) is 0 Å². The number of rotatable bonds is 7. The zero-order chi connectivity index (χ0) is 19.1. The average Bonchev–Trinajstić information content (AvgIpc) is 2.70. The van der Waals surface area contributed by atoms with Gasteiger partial charge in [-0.2, -0.15) is 0 Å². The topological polar surface area (TPSA) is 71.0 Å². The van der Waals surface area contributed by atoms with Gasteiger partial charge in [0.15, 0.2) is 0 Å². The van der Waals surface area contributed by atoms with Crippen LogP contribution in [0.4, 0.5) is 0 Å². The van der Waals surface area contributed by atoms with Crippen LogP contribution in [0, 0.1) is 5.92 Å². The van der Waals surface area contributed by atoms with Crippen molar-refractivity contribution in [1.29, 1.82) is 0 Å². The number of amides is 1. The number of ether oxygens (including phenoxy) is 2. The van der Waals surface area contributed by atoms with Gasteiger partial charge in [0, 0.05) is 13.0 Å². The third-order valence-electron chi connectivity index (χ3n) is 5.67. The van der Waals surface area contributed by atoms with E-state index in [0.29, 0.717) is 25.6 Å². The standard InChI is InChI=1S/C21H32N2O4/c1-2-23-10-7-16(8-11-23)13-21(25)22-19-9-12-26-15-20(19)27-18-5-3-17(14-24)4-6-18/h3-6,16,19-20,24H,2,7-15H2,1H3,(H,22,25). The molecule has 6 heteroatoms. The predicted octanol–water partition coefficient (Wildman–Crippen LogP) is 1.95. The van der Waals surface area contributed by atoms with Crippen LogP contribution < -0.4 is 10.1 Å². The first-order chi connectivity index (χ1) is 13.2. The number of nitrogens with zero attached hydrogens (tertiary/aromatic N) is 1. The summed E-state index contributed by atoms with van der Waals surface area (Å²) in [6, 6.07) is 7.35. The molecule has 0 radical (unpaired) electrons. The first-order valence-corrected chi connectivity index (χ1v) is 10.1. The third kappa shape index (κ3) is 5.92. The molecule has 1 amide bonds. The molecule has 0 aromatic heterocycles. The summed E-state index contributed by atoms with van der Waals surface area (Å²) in [5, 5.41) is 12.3. The molecule has 1 aromatic carbocycles. The minimum Gasteiger partial charge on any atom is -0.486 e. The van der Waals surface area contributed by atoms with Gasteiger partial charge in [-0.05, 0) is 62.5 Å². The molecule has 2 saturated heterocycles. The zero-order valence-corrected chi connectivity index (χ0v) is 16.2. The van der Waals surface area contributed by atoms with E-state index in [2.05, 4.69) is 17.1 Å². The molecule has 0 bridgehead atoms. The van der Waals surface area contributed by atoms with Crippen LogP contribution in [0.5, 0.6) is 5.75 Å². The summed E-state index contributed by atoms with van der Waals surface area (Å²) in [7, 11) is 0. The van der Waals surface area contributed by atoms with Crippen LogP contribution in [0.25, 0.3) is 0 Å². The maximum absolute atomic E-state index is 12.6. The highest BCUT2D eigenvalue weighted by Crippen LogP contribution is 2.22. The number of aliphatic hydroxyl groups excluding tert-OH is 1. The van der Waals surface area contributed by atoms with Crippen molar-refractivity contribution in [3.05, 3.63) is 29.8 Å². The molecule has 2 aliphatic heterocycles. The Hall–Kier alpha value is -1.63. The lowest BCUT2D eigenvalue weighted by Gasteiger charge is -2.34. The fraction of sp³-hybridized carbons (Fsp3) is 0.667. The third-order valence-corrected chi connectivity index (χ3v) is 5.67. The highest BCUT2D eigenvalue weighted by Gasteiger charge is 2.30. The Morgan fingerprint density at radius 2 is 2.00 bits per heavy atom. The fourth-order valence-corrected chi connectivity index (χ4v) is 3.88. The van der Waals surface area contributed by atoms with Gasteiger partial charge in [0.2, 0.25) is 5.91 Å². The zero-order valence-electron chi connectivity index (χ0n) is 16.2. The van der Waals surface area contributed by atoms with Crippen LogP contribution in [0.3, 0.4) is 0 Å². The Bertz CT molecular complexity index is 584. The SMILES string of the molecule is CCN1CCC(CC(=O)NC2CCOCC2Oc2ccc(CO)cc2)CC1. The summed E-state index contributed by atoms with van der Waals surface area (Å²) in [5.41, 5.74) is 0.848. The normalized spacial score (nSPS) is 24.5. The molecule has 1 aromatic rings. The van der Waals surface area contributed by atoms with Crippen molar-refractivity contribution in [2.24, 2.45) is 5.92 Å². The van der Waals surface area contributed by atoms with Crippen LogP contribution in [-0.4, -0.2) is 60.9 Å². The van der Waals surface area contributed by atoms with Crippen LogP contribution in [0.2, 0.25) is 0 Å². The second-order valence-corrected chi connectivity index (χ2v) is 7.58. The molecule has 6 nitrogen and oxygen atoms in total. The molecule has 3 rings (SSSR count). The van der Waals surface area contributed by atoms with E-state index in [9.17, 15) is 4.79 Å². The highest BCUT2D eigenvalue weighted by molar-refractivity contribution is 5.76. The molecule has 0 saturated carbocycles. The molecule has 0 aliphatic carbocycles. The van der Waals surface area contributed by atoms with Crippen molar-refractivity contribution in [2.45, 2.75) is 51.4 Å². The van der Waals surface area contributed by atoms with Crippen molar-refractivity contribution >= 4 is 5.91 Å². The van der Waals surface area contributed by atoms with E-state index >= 15 is 0 Å². The molecular weight excluding hydrogens is 344 g/mol. The van der Waals surface area contributed by atoms with E-state index < -0.39 is 0 Å². The number of likely N-dealkylation sites (tertiary alicyclic amines) is 1. The largest absolute Gasteiger partial charge is 0.486 e. The summed E-state index contributed by atoms with van der Waals surface area (Å²) >= 11 is 0. The van der Waals surface area contributed by atoms with Crippen LogP contribution in [0.15, 0.2) is 24.3 Å². The minimum absolute atomic E-state index is 0.0166. The molecular formula is C21H32N2O4. The van der Waals surface area contributed by atoms with Crippen molar-refractivity contribution in [1.82, 2.24) is 10.2 Å². The Kier molecular flexibility index (Phi) is 7.50. The second-order valence-electron chi connectivity index (χ2n) is 7.58. The van der Waals surface area contributed by atoms with Gasteiger partial charge in [0.1, 0.15) is 11.9 Å². The maximum Gasteiger partial charge on any atom is 0.220 e. The van der Waals surface area contributed by atoms with Gasteiger partial charge in [-0.3, -0.25) is 4.79 Å². The predicted molar refractivity (Wildman–Crippen MR) is 104 cm³/mol. The average molecular weight is 376 g/mol. The fourth-order valence-electron chi connectivity index (χ4n) is 3.88. The monoisotopic (exact) mass is 376 g/mol. The molecule has 2 fully saturated rings. The molecule has 150 valence electrons. The first kappa shape index (κ1) is 20.1. The number of hydrogen-bond donors (Lipinski definition) is 2. The lowest BCUT2D eigenvalue weighted by atomic mass is 9.93. The number of aliphatic hydroxyl groups is 1. The number of piperidine rings is 1. The molecule has 2 heterocycles. The molecule has 0 spiro atoms. The number of hydrogen-bond acceptors (Lipinski definition) is 5. The maximum atomic E-state index is 12.6. The van der Waals surface area contributed by atoms with Crippen molar-refractivity contribution in [3.8, 4) is 5.75 Å². The van der Waals surface area contributed by atoms with E-state index in [-0.39, 0.29) is 24.7 Å². The minimum atomic E-state index is -0.190. The van der Waals surface area contributed by atoms with Crippen molar-refractivity contribution in [2.75, 3.05) is 32.8 Å². The number of carbonyl (C=O) groups excluding carboxylic acids is 1. The molecule has 2 atom stereocenters. The van der Waals surface area contributed by atoms with Gasteiger partial charge < -0.3 is 24.8 Å². The lowest BCUT2D eigenvalue weighted by molar-refractivity contribution is -0.125. The molecule has 2 aliphatic rings. The van der Waals surface area contributed by atoms with E-state index in [0.717, 1.165) is 50.2 Å². The Morgan fingerprint density at radius 3 is 2.67 bits per heavy atom. The van der Waals surface area contributed by atoms with Gasteiger partial charge in [-0.1, -0.05) is 19.1 Å². The molecule has 2 N–H and O–H groups in total. The van der Waals surface area contributed by atoms with Gasteiger partial charge in [0.25, 0.3) is 0 Å². The van der Waals surface area contributed by atoms with Gasteiger partial charge in [0.05, 0.1) is 19.3 Å². The van der Waals surface area contributed by atoms with E-state index in [4.69, 9.17) is 14.6 Å². The summed E-state index contributed by atoms with van der Waals surface area (Å²) < 4.78 is 11.6. The highest BCUT2D eigenvalue weighted by atomic mass is 16.5. The Morgan fingerprint density at radius 1 is 1.26 bits per heavy atom. The molecule has 27 heavy (non-hydrogen) atoms. The van der Waals surface area contributed by atoms with Gasteiger partial charge in [-0.15, -0.1) is 0 Å². The lowest BCUT2D eigenvalue weighted by Crippen LogP contribution is -2.51. The Labute approximate surface area is 161 Å². The number of carbonyl (C=O) groups is 1. The Balaban J connectivity index is 1.49. The second kappa shape index (κ2) is 10.1. The summed E-state index contributed by atoms with van der Waals surface area (Å²) in [6.07, 6.45) is 3.38. The van der Waals surface area contributed by atoms with Gasteiger partial charge in [-0.25, -0.2) is 0 Å². The number of benzene rings is 1. The summed E-state index contributed by atoms with van der Waals surface area (Å²) in [5.74, 6) is 1.34. The van der Waals surface area contributed by atoms with Crippen LogP contribution >= 0.6 is 0 Å². The van der Waals surface area contributed by atoms with Gasteiger partial charge >= 0.3 is 0 Å². The summed E-state index contributed by atoms with van der Waals surface area (Å²) in [6.45, 7) is 6.62. The number of nitrogens with one attached hydrogen (secondary N) is 1. The quantitative estimate of drug-likeness (QED) is 0.761. The summed E-state index contributed by atoms with van der Waals surface area (Å²) in [4.78, 5) is 15.0. The van der Waals surface area contributed by atoms with Crippen molar-refractivity contribution in [3.63, 3.8) is 0 Å². The van der Waals surface area contributed by atoms with E-state index in [1.807, 2.05) is 24.3 Å². The van der Waals surface area contributed by atoms with Crippen LogP contribution in [-0.2, 0) is 16.1 Å². The smallest absolute Gasteiger partial charge is 0.220 e. The van der Waals surface area contributed by atoms with Crippen LogP contribution in [0.1, 0.15) is 38.2 Å².